The van der Waals surface area contributed by atoms with Gasteiger partial charge < -0.3 is 35.7 Å². The van der Waals surface area contributed by atoms with Crippen molar-refractivity contribution in [3.8, 4) is 0 Å². The van der Waals surface area contributed by atoms with Crippen LogP contribution in [-0.4, -0.2) is 78.8 Å². The summed E-state index contributed by atoms with van der Waals surface area (Å²) >= 11 is 0. The number of hydrogen-bond donors (Lipinski definition) is 7. The van der Waals surface area contributed by atoms with Gasteiger partial charge in [0.15, 0.2) is 12.1 Å². The number of Topliss-reactive ketones (excluding diaryl/α,β-unsaturated/α-hetero) is 1. The Kier molecular flexibility index (Phi) is 7.39. The van der Waals surface area contributed by atoms with Crippen molar-refractivity contribution in [2.75, 3.05) is 6.61 Å². The van der Waals surface area contributed by atoms with Gasteiger partial charge in [-0.05, 0) is 6.42 Å². The summed E-state index contributed by atoms with van der Waals surface area (Å²) in [5.41, 5.74) is 0. The molecule has 102 valence electrons. The van der Waals surface area contributed by atoms with Gasteiger partial charge in [0.05, 0.1) is 6.61 Å². The van der Waals surface area contributed by atoms with Gasteiger partial charge in [0, 0.05) is 6.42 Å². The van der Waals surface area contributed by atoms with Crippen LogP contribution in [0.25, 0.3) is 0 Å². The number of aliphatic hydroxyl groups is 7. The molecule has 0 aliphatic carbocycles. The highest BCUT2D eigenvalue weighted by Gasteiger charge is 2.33. The van der Waals surface area contributed by atoms with Crippen LogP contribution in [0.4, 0.5) is 0 Å². The normalized spacial score (nSPS) is 18.8. The SMILES string of the molecule is O=C(C(O)CCC(O)O)[C@@H](O)[C@H](O)[C@H](O)CO. The third-order valence-electron chi connectivity index (χ3n) is 2.22. The van der Waals surface area contributed by atoms with Gasteiger partial charge in [0.2, 0.25) is 0 Å². The molecular weight excluding hydrogens is 236 g/mol. The van der Waals surface area contributed by atoms with Crippen LogP contribution in [0.5, 0.6) is 0 Å². The minimum Gasteiger partial charge on any atom is -0.394 e. The highest BCUT2D eigenvalue weighted by molar-refractivity contribution is 5.87. The van der Waals surface area contributed by atoms with E-state index < -0.39 is 43.1 Å². The van der Waals surface area contributed by atoms with E-state index in [1.165, 1.54) is 0 Å². The molecule has 1 unspecified atom stereocenters. The fourth-order valence-electron chi connectivity index (χ4n) is 1.13. The minimum absolute atomic E-state index is 0.279. The maximum absolute atomic E-state index is 11.3. The summed E-state index contributed by atoms with van der Waals surface area (Å²) in [5, 5.41) is 62.2. The van der Waals surface area contributed by atoms with E-state index in [1.807, 2.05) is 0 Å². The lowest BCUT2D eigenvalue weighted by Gasteiger charge is -2.22. The Morgan fingerprint density at radius 2 is 1.47 bits per heavy atom. The largest absolute Gasteiger partial charge is 0.394 e. The average molecular weight is 254 g/mol. The zero-order chi connectivity index (χ0) is 13.6. The van der Waals surface area contributed by atoms with E-state index in [1.54, 1.807) is 0 Å². The van der Waals surface area contributed by atoms with Crippen molar-refractivity contribution < 1.29 is 40.5 Å². The number of ketones is 1. The lowest BCUT2D eigenvalue weighted by molar-refractivity contribution is -0.149. The number of carbonyl (C=O) groups is 1. The lowest BCUT2D eigenvalue weighted by atomic mass is 9.98. The molecule has 0 amide bonds. The van der Waals surface area contributed by atoms with E-state index in [2.05, 4.69) is 0 Å². The average Bonchev–Trinajstić information content (AvgIpc) is 2.31. The Bertz CT molecular complexity index is 231. The number of carbonyl (C=O) groups excluding carboxylic acids is 1. The molecule has 0 saturated carbocycles. The summed E-state index contributed by atoms with van der Waals surface area (Å²) in [7, 11) is 0. The fourth-order valence-corrected chi connectivity index (χ4v) is 1.13. The molecule has 17 heavy (non-hydrogen) atoms. The Morgan fingerprint density at radius 3 is 1.88 bits per heavy atom. The standard InChI is InChI=1S/C9H18O8/c10-3-5(12)8(16)9(17)7(15)4(11)1-2-6(13)14/h4-6,8-14,16-17H,1-3H2/t4?,5-,8-,9-/m1/s1. The molecule has 0 aliphatic heterocycles. The molecule has 0 fully saturated rings. The number of aliphatic hydroxyl groups excluding tert-OH is 6. The van der Waals surface area contributed by atoms with Gasteiger partial charge in [0.25, 0.3) is 0 Å². The van der Waals surface area contributed by atoms with Crippen LogP contribution < -0.4 is 0 Å². The smallest absolute Gasteiger partial charge is 0.192 e. The molecule has 0 aliphatic rings. The molecule has 0 rings (SSSR count). The third-order valence-corrected chi connectivity index (χ3v) is 2.22. The van der Waals surface area contributed by atoms with Gasteiger partial charge in [-0.25, -0.2) is 0 Å². The first-order valence-corrected chi connectivity index (χ1v) is 5.04. The Hall–Kier alpha value is -0.610. The monoisotopic (exact) mass is 254 g/mol. The molecule has 7 N–H and O–H groups in total. The van der Waals surface area contributed by atoms with Gasteiger partial charge in [-0.2, -0.15) is 0 Å². The summed E-state index contributed by atoms with van der Waals surface area (Å²) in [6.45, 7) is -0.850. The molecule has 0 bridgehead atoms. The summed E-state index contributed by atoms with van der Waals surface area (Å²) in [6, 6.07) is 0. The van der Waals surface area contributed by atoms with Crippen molar-refractivity contribution in [1.82, 2.24) is 0 Å². The second-order valence-corrected chi connectivity index (χ2v) is 3.66. The summed E-state index contributed by atoms with van der Waals surface area (Å²) < 4.78 is 0. The molecule has 0 spiro atoms. The molecule has 4 atom stereocenters. The Labute approximate surface area is 97.4 Å². The van der Waals surface area contributed by atoms with Crippen LogP contribution >= 0.6 is 0 Å². The summed E-state index contributed by atoms with van der Waals surface area (Å²) in [6.07, 6.45) is -9.64. The van der Waals surface area contributed by atoms with Gasteiger partial charge in [-0.1, -0.05) is 0 Å². The van der Waals surface area contributed by atoms with E-state index in [9.17, 15) is 20.1 Å². The second kappa shape index (κ2) is 7.67. The van der Waals surface area contributed by atoms with Crippen molar-refractivity contribution in [2.24, 2.45) is 0 Å². The Balaban J connectivity index is 4.28. The summed E-state index contributed by atoms with van der Waals surface area (Å²) in [4.78, 5) is 11.3. The van der Waals surface area contributed by atoms with Gasteiger partial charge in [-0.3, -0.25) is 4.79 Å². The van der Waals surface area contributed by atoms with Crippen LogP contribution in [0.3, 0.4) is 0 Å². The maximum atomic E-state index is 11.3. The predicted octanol–water partition coefficient (Wildman–Crippen LogP) is -3.92. The van der Waals surface area contributed by atoms with E-state index in [0.29, 0.717) is 0 Å². The highest BCUT2D eigenvalue weighted by atomic mass is 16.5. The van der Waals surface area contributed by atoms with E-state index in [4.69, 9.17) is 20.4 Å². The molecule has 0 aromatic carbocycles. The lowest BCUT2D eigenvalue weighted by Crippen LogP contribution is -2.47. The number of hydrogen-bond acceptors (Lipinski definition) is 8. The molecule has 8 heteroatoms. The van der Waals surface area contributed by atoms with Crippen molar-refractivity contribution in [3.63, 3.8) is 0 Å². The first kappa shape index (κ1) is 16.4. The highest BCUT2D eigenvalue weighted by Crippen LogP contribution is 2.08. The van der Waals surface area contributed by atoms with Crippen LogP contribution in [0, 0.1) is 0 Å². The summed E-state index contributed by atoms with van der Waals surface area (Å²) in [5.74, 6) is -1.16. The van der Waals surface area contributed by atoms with E-state index in [0.717, 1.165) is 0 Å². The molecule has 0 aromatic rings. The fraction of sp³-hybridized carbons (Fsp3) is 0.889. The van der Waals surface area contributed by atoms with Crippen LogP contribution in [0.15, 0.2) is 0 Å². The van der Waals surface area contributed by atoms with Gasteiger partial charge in [-0.15, -0.1) is 0 Å². The van der Waals surface area contributed by atoms with Crippen LogP contribution in [0.2, 0.25) is 0 Å². The molecule has 8 nitrogen and oxygen atoms in total. The molecule has 0 saturated heterocycles. The van der Waals surface area contributed by atoms with Crippen molar-refractivity contribution in [1.29, 1.82) is 0 Å². The Morgan fingerprint density at radius 1 is 0.941 bits per heavy atom. The van der Waals surface area contributed by atoms with Crippen molar-refractivity contribution >= 4 is 5.78 Å². The molecule has 0 heterocycles. The first-order valence-electron chi connectivity index (χ1n) is 5.04. The first-order chi connectivity index (χ1) is 7.81. The minimum atomic E-state index is -2.05. The zero-order valence-corrected chi connectivity index (χ0v) is 9.05. The second-order valence-electron chi connectivity index (χ2n) is 3.66. The quantitative estimate of drug-likeness (QED) is 0.216. The van der Waals surface area contributed by atoms with Crippen LogP contribution in [-0.2, 0) is 4.79 Å². The predicted molar refractivity (Wildman–Crippen MR) is 53.6 cm³/mol. The maximum Gasteiger partial charge on any atom is 0.192 e. The van der Waals surface area contributed by atoms with Gasteiger partial charge in [0.1, 0.15) is 24.4 Å². The zero-order valence-electron chi connectivity index (χ0n) is 9.05. The van der Waals surface area contributed by atoms with E-state index in [-0.39, 0.29) is 12.8 Å². The van der Waals surface area contributed by atoms with Crippen LogP contribution in [0.1, 0.15) is 12.8 Å². The van der Waals surface area contributed by atoms with Crippen molar-refractivity contribution in [3.05, 3.63) is 0 Å². The number of rotatable bonds is 8. The molecule has 0 radical (unpaired) electrons. The molecular formula is C9H18O8. The van der Waals surface area contributed by atoms with Gasteiger partial charge >= 0.3 is 0 Å². The van der Waals surface area contributed by atoms with Crippen molar-refractivity contribution in [2.45, 2.75) is 43.5 Å². The van der Waals surface area contributed by atoms with E-state index >= 15 is 0 Å². The third kappa shape index (κ3) is 5.50. The molecule has 0 aromatic heterocycles. The topological polar surface area (TPSA) is 159 Å².